The first-order chi connectivity index (χ1) is 10.1. The normalized spacial score (nSPS) is 9.95. The highest BCUT2D eigenvalue weighted by molar-refractivity contribution is 6.02. The zero-order chi connectivity index (χ0) is 15.4. The number of hydrogen-bond acceptors (Lipinski definition) is 5. The summed E-state index contributed by atoms with van der Waals surface area (Å²) >= 11 is 0. The molecule has 0 fully saturated rings. The Kier molecular flexibility index (Phi) is 4.19. The summed E-state index contributed by atoms with van der Waals surface area (Å²) in [5, 5.41) is 9.26. The van der Waals surface area contributed by atoms with Crippen molar-refractivity contribution in [1.29, 1.82) is 5.26 Å². The lowest BCUT2D eigenvalue weighted by molar-refractivity contribution is -0.131. The van der Waals surface area contributed by atoms with E-state index in [2.05, 4.69) is 0 Å². The van der Waals surface area contributed by atoms with Crippen LogP contribution in [0.5, 0.6) is 5.75 Å². The van der Waals surface area contributed by atoms with E-state index in [0.29, 0.717) is 11.1 Å². The number of hydrogen-bond donors (Lipinski definition) is 0. The predicted octanol–water partition coefficient (Wildman–Crippen LogP) is 2.77. The summed E-state index contributed by atoms with van der Waals surface area (Å²) < 4.78 is 10.1. The van der Waals surface area contributed by atoms with Gasteiger partial charge in [-0.15, -0.1) is 0 Å². The van der Waals surface area contributed by atoms with Crippen LogP contribution in [-0.2, 0) is 9.53 Å². The summed E-state index contributed by atoms with van der Waals surface area (Å²) in [7, 11) is 0. The first-order valence-corrected chi connectivity index (χ1v) is 6.39. The van der Waals surface area contributed by atoms with E-state index in [-0.39, 0.29) is 23.5 Å². The first-order valence-electron chi connectivity index (χ1n) is 6.39. The minimum absolute atomic E-state index is 0.239. The number of esters is 2. The van der Waals surface area contributed by atoms with Gasteiger partial charge in [0.2, 0.25) is 0 Å². The van der Waals surface area contributed by atoms with Crippen LogP contribution in [0.1, 0.15) is 29.8 Å². The molecule has 0 radical (unpaired) electrons. The van der Waals surface area contributed by atoms with Crippen LogP contribution in [0.2, 0.25) is 0 Å². The van der Waals surface area contributed by atoms with Gasteiger partial charge in [-0.1, -0.05) is 18.2 Å². The molecule has 0 N–H and O–H groups in total. The average Bonchev–Trinajstić information content (AvgIpc) is 2.69. The summed E-state index contributed by atoms with van der Waals surface area (Å²) in [4.78, 5) is 23.2. The Morgan fingerprint density at radius 1 is 1.29 bits per heavy atom. The minimum atomic E-state index is -0.510. The van der Waals surface area contributed by atoms with E-state index in [9.17, 15) is 14.9 Å². The van der Waals surface area contributed by atoms with Crippen molar-refractivity contribution in [2.75, 3.05) is 6.61 Å². The summed E-state index contributed by atoms with van der Waals surface area (Å²) in [6.45, 7) is 3.22. The smallest absolute Gasteiger partial charge is 0.338 e. The van der Waals surface area contributed by atoms with Crippen LogP contribution in [0.3, 0.4) is 0 Å². The van der Waals surface area contributed by atoms with Gasteiger partial charge in [0.05, 0.1) is 23.8 Å². The summed E-state index contributed by atoms with van der Waals surface area (Å²) in [6, 6.07) is 10.1. The molecule has 106 valence electrons. The quantitative estimate of drug-likeness (QED) is 0.809. The van der Waals surface area contributed by atoms with E-state index in [1.165, 1.54) is 13.0 Å². The lowest BCUT2D eigenvalue weighted by Crippen LogP contribution is -2.04. The predicted molar refractivity (Wildman–Crippen MR) is 75.0 cm³/mol. The third kappa shape index (κ3) is 2.84. The molecule has 0 aromatic rings. The molecule has 0 amide bonds. The fraction of sp³-hybridized carbons (Fsp3) is 0.188. The molecule has 0 saturated heterocycles. The van der Waals surface area contributed by atoms with E-state index >= 15 is 0 Å². The lowest BCUT2D eigenvalue weighted by Gasteiger charge is -2.05. The van der Waals surface area contributed by atoms with Crippen LogP contribution >= 0.6 is 0 Å². The SMILES string of the molecule is CCOC(=O)c1cc(C#N)c2c(OC(C)=O)ccccc1-2. The maximum Gasteiger partial charge on any atom is 0.338 e. The van der Waals surface area contributed by atoms with Crippen LogP contribution in [0.4, 0.5) is 0 Å². The largest absolute Gasteiger partial charge is 0.462 e. The Morgan fingerprint density at radius 3 is 2.62 bits per heavy atom. The maximum atomic E-state index is 12.0. The first kappa shape index (κ1) is 14.5. The number of carbonyl (C=O) groups is 2. The van der Waals surface area contributed by atoms with E-state index in [1.807, 2.05) is 6.07 Å². The van der Waals surface area contributed by atoms with E-state index < -0.39 is 11.9 Å². The summed E-state index contributed by atoms with van der Waals surface area (Å²) in [6.07, 6.45) is 0. The van der Waals surface area contributed by atoms with Gasteiger partial charge < -0.3 is 9.47 Å². The molecule has 2 aliphatic rings. The second kappa shape index (κ2) is 6.06. The van der Waals surface area contributed by atoms with Crippen LogP contribution in [0.15, 0.2) is 30.3 Å². The molecule has 2 rings (SSSR count). The van der Waals surface area contributed by atoms with Gasteiger partial charge in [0.1, 0.15) is 5.75 Å². The highest BCUT2D eigenvalue weighted by Gasteiger charge is 2.24. The van der Waals surface area contributed by atoms with Crippen LogP contribution in [0, 0.1) is 11.3 Å². The van der Waals surface area contributed by atoms with Crippen molar-refractivity contribution in [2.24, 2.45) is 0 Å². The van der Waals surface area contributed by atoms with Crippen LogP contribution < -0.4 is 4.74 Å². The van der Waals surface area contributed by atoms with Crippen molar-refractivity contribution >= 4 is 11.9 Å². The van der Waals surface area contributed by atoms with Crippen molar-refractivity contribution in [3.63, 3.8) is 0 Å². The van der Waals surface area contributed by atoms with Crippen molar-refractivity contribution in [1.82, 2.24) is 0 Å². The lowest BCUT2D eigenvalue weighted by atomic mass is 10.1. The van der Waals surface area contributed by atoms with E-state index in [4.69, 9.17) is 9.47 Å². The fourth-order valence-corrected chi connectivity index (χ4v) is 2.10. The van der Waals surface area contributed by atoms with Gasteiger partial charge in [0.25, 0.3) is 0 Å². The molecule has 0 atom stereocenters. The topological polar surface area (TPSA) is 76.4 Å². The molecule has 2 aliphatic carbocycles. The Hall–Kier alpha value is -2.87. The van der Waals surface area contributed by atoms with Gasteiger partial charge in [0.15, 0.2) is 0 Å². The standard InChI is InChI=1S/C16H13NO4/c1-3-20-16(19)13-8-11(9-17)15-12(13)6-4-5-7-14(15)21-10(2)18/h4-8H,3H2,1-2H3. The molecule has 5 heteroatoms. The zero-order valence-corrected chi connectivity index (χ0v) is 11.7. The molecular weight excluding hydrogens is 270 g/mol. The molecule has 0 saturated carbocycles. The van der Waals surface area contributed by atoms with Gasteiger partial charge in [0, 0.05) is 18.1 Å². The molecule has 5 nitrogen and oxygen atoms in total. The number of ether oxygens (including phenoxy) is 2. The number of nitrogens with zero attached hydrogens (tertiary/aromatic N) is 1. The monoisotopic (exact) mass is 283 g/mol. The number of fused-ring (bicyclic) bond motifs is 1. The van der Waals surface area contributed by atoms with E-state index in [1.54, 1.807) is 31.2 Å². The van der Waals surface area contributed by atoms with Crippen LogP contribution in [0.25, 0.3) is 11.1 Å². The molecule has 0 aromatic heterocycles. The Balaban J connectivity index is 2.67. The van der Waals surface area contributed by atoms with Gasteiger partial charge >= 0.3 is 11.9 Å². The highest BCUT2D eigenvalue weighted by Crippen LogP contribution is 2.39. The molecule has 0 unspecified atom stereocenters. The summed E-state index contributed by atoms with van der Waals surface area (Å²) in [5.41, 5.74) is 1.50. The average molecular weight is 283 g/mol. The molecule has 0 bridgehead atoms. The zero-order valence-electron chi connectivity index (χ0n) is 11.7. The second-order valence-corrected chi connectivity index (χ2v) is 4.27. The second-order valence-electron chi connectivity index (χ2n) is 4.27. The van der Waals surface area contributed by atoms with Crippen molar-refractivity contribution in [3.8, 4) is 22.9 Å². The maximum absolute atomic E-state index is 12.0. The third-order valence-corrected chi connectivity index (χ3v) is 2.86. The Morgan fingerprint density at radius 2 is 2.00 bits per heavy atom. The number of nitriles is 1. The molecule has 0 heterocycles. The van der Waals surface area contributed by atoms with Crippen molar-refractivity contribution in [3.05, 3.63) is 41.5 Å². The van der Waals surface area contributed by atoms with E-state index in [0.717, 1.165) is 0 Å². The van der Waals surface area contributed by atoms with Gasteiger partial charge in [-0.2, -0.15) is 5.26 Å². The Labute approximate surface area is 122 Å². The molecule has 0 spiro atoms. The van der Waals surface area contributed by atoms with Crippen molar-refractivity contribution < 1.29 is 19.1 Å². The molecule has 21 heavy (non-hydrogen) atoms. The number of carbonyl (C=O) groups excluding carboxylic acids is 2. The molecule has 0 aliphatic heterocycles. The fourth-order valence-electron chi connectivity index (χ4n) is 2.10. The van der Waals surface area contributed by atoms with Gasteiger partial charge in [-0.25, -0.2) is 4.79 Å². The van der Waals surface area contributed by atoms with Crippen LogP contribution in [-0.4, -0.2) is 18.5 Å². The Bertz CT molecular complexity index is 715. The van der Waals surface area contributed by atoms with Gasteiger partial charge in [-0.05, 0) is 19.1 Å². The van der Waals surface area contributed by atoms with Crippen molar-refractivity contribution in [2.45, 2.75) is 13.8 Å². The highest BCUT2D eigenvalue weighted by atomic mass is 16.5. The number of rotatable bonds is 3. The molecule has 0 aromatic carbocycles. The molecular formula is C16H13NO4. The third-order valence-electron chi connectivity index (χ3n) is 2.86. The minimum Gasteiger partial charge on any atom is -0.462 e. The summed E-state index contributed by atoms with van der Waals surface area (Å²) in [5.74, 6) is -0.760. The van der Waals surface area contributed by atoms with Gasteiger partial charge in [-0.3, -0.25) is 4.79 Å².